The van der Waals surface area contributed by atoms with Crippen molar-refractivity contribution in [1.29, 1.82) is 5.26 Å². The highest BCUT2D eigenvalue weighted by Crippen LogP contribution is 2.27. The summed E-state index contributed by atoms with van der Waals surface area (Å²) in [5, 5.41) is 8.92. The van der Waals surface area contributed by atoms with Gasteiger partial charge in [0.15, 0.2) is 0 Å². The first kappa shape index (κ1) is 12.8. The van der Waals surface area contributed by atoms with E-state index < -0.39 is 0 Å². The average molecular weight is 248 g/mol. The third-order valence-electron chi connectivity index (χ3n) is 3.04. The van der Waals surface area contributed by atoms with Crippen molar-refractivity contribution in [2.45, 2.75) is 13.8 Å². The molecule has 92 valence electrons. The van der Waals surface area contributed by atoms with Crippen LogP contribution in [0.25, 0.3) is 11.1 Å². The van der Waals surface area contributed by atoms with Crippen molar-refractivity contribution in [3.8, 4) is 17.2 Å². The van der Waals surface area contributed by atoms with E-state index in [1.807, 2.05) is 44.2 Å². The maximum atomic E-state index is 10.3. The highest BCUT2D eigenvalue weighted by molar-refractivity contribution is 5.69. The van der Waals surface area contributed by atoms with Crippen LogP contribution in [0.5, 0.6) is 0 Å². The van der Waals surface area contributed by atoms with Gasteiger partial charge in [0.05, 0.1) is 17.3 Å². The van der Waals surface area contributed by atoms with Crippen LogP contribution in [0.1, 0.15) is 16.7 Å². The molecule has 0 unspecified atom stereocenters. The number of nitriles is 1. The quantitative estimate of drug-likeness (QED) is 0.599. The molecule has 0 amide bonds. The Kier molecular flexibility index (Phi) is 3.56. The molecule has 0 fully saturated rings. The Balaban J connectivity index is 2.48. The van der Waals surface area contributed by atoms with Gasteiger partial charge in [0.1, 0.15) is 0 Å². The van der Waals surface area contributed by atoms with Crippen LogP contribution in [-0.2, 0) is 4.79 Å². The van der Waals surface area contributed by atoms with E-state index in [0.29, 0.717) is 11.3 Å². The molecule has 19 heavy (non-hydrogen) atoms. The molecular formula is C16H12N2O. The molecule has 0 aromatic heterocycles. The molecule has 0 N–H and O–H groups in total. The number of hydrogen-bond acceptors (Lipinski definition) is 3. The molecule has 0 atom stereocenters. The van der Waals surface area contributed by atoms with Gasteiger partial charge in [-0.3, -0.25) is 0 Å². The van der Waals surface area contributed by atoms with Crippen LogP contribution in [0.2, 0.25) is 0 Å². The summed E-state index contributed by atoms with van der Waals surface area (Å²) in [5.74, 6) is 0. The fourth-order valence-electron chi connectivity index (χ4n) is 1.98. The summed E-state index contributed by atoms with van der Waals surface area (Å²) in [7, 11) is 0. The molecule has 0 saturated heterocycles. The number of isocyanates is 1. The zero-order valence-electron chi connectivity index (χ0n) is 10.8. The van der Waals surface area contributed by atoms with Crippen molar-refractivity contribution in [1.82, 2.24) is 0 Å². The predicted molar refractivity (Wildman–Crippen MR) is 73.8 cm³/mol. The minimum Gasteiger partial charge on any atom is -0.211 e. The molecule has 0 saturated carbocycles. The van der Waals surface area contributed by atoms with Gasteiger partial charge >= 0.3 is 0 Å². The molecule has 0 spiro atoms. The van der Waals surface area contributed by atoms with E-state index in [0.717, 1.165) is 22.3 Å². The molecule has 3 heteroatoms. The van der Waals surface area contributed by atoms with Gasteiger partial charge in [-0.05, 0) is 54.3 Å². The number of carbonyl (C=O) groups excluding carboxylic acids is 1. The lowest BCUT2D eigenvalue weighted by atomic mass is 9.98. The third-order valence-corrected chi connectivity index (χ3v) is 3.04. The van der Waals surface area contributed by atoms with Gasteiger partial charge in [-0.2, -0.15) is 10.3 Å². The number of nitrogens with zero attached hydrogens (tertiary/aromatic N) is 2. The van der Waals surface area contributed by atoms with Crippen LogP contribution in [0.3, 0.4) is 0 Å². The molecule has 0 aliphatic carbocycles. The minimum absolute atomic E-state index is 0.629. The van der Waals surface area contributed by atoms with E-state index in [1.165, 1.54) is 0 Å². The third kappa shape index (κ3) is 2.60. The number of hydrogen-bond donors (Lipinski definition) is 0. The van der Waals surface area contributed by atoms with Gasteiger partial charge in [-0.15, -0.1) is 0 Å². The first-order valence-corrected chi connectivity index (χ1v) is 5.85. The SMILES string of the molecule is Cc1cc(-c2ccc(N=C=O)c(C)c2)ccc1C#N. The van der Waals surface area contributed by atoms with Crippen molar-refractivity contribution < 1.29 is 4.79 Å². The lowest BCUT2D eigenvalue weighted by molar-refractivity contribution is 0.565. The molecule has 0 radical (unpaired) electrons. The van der Waals surface area contributed by atoms with Gasteiger partial charge in [0.2, 0.25) is 6.08 Å². The molecule has 0 heterocycles. The predicted octanol–water partition coefficient (Wildman–Crippen LogP) is 3.81. The van der Waals surface area contributed by atoms with Crippen LogP contribution in [0.15, 0.2) is 41.4 Å². The van der Waals surface area contributed by atoms with Crippen LogP contribution >= 0.6 is 0 Å². The molecule has 0 aliphatic rings. The summed E-state index contributed by atoms with van der Waals surface area (Å²) < 4.78 is 0. The standard InChI is InChI=1S/C16H12N2O/c1-11-7-13(3-4-15(11)9-17)14-5-6-16(18-10-19)12(2)8-14/h3-8H,1-2H3. The van der Waals surface area contributed by atoms with Crippen molar-refractivity contribution >= 4 is 11.8 Å². The molecule has 2 rings (SSSR count). The average Bonchev–Trinajstić information content (AvgIpc) is 2.41. The fourth-order valence-corrected chi connectivity index (χ4v) is 1.98. The maximum absolute atomic E-state index is 10.3. The summed E-state index contributed by atoms with van der Waals surface area (Å²) in [6.07, 6.45) is 1.55. The minimum atomic E-state index is 0.629. The Morgan fingerprint density at radius 2 is 1.63 bits per heavy atom. The Hall–Kier alpha value is -2.69. The first-order chi connectivity index (χ1) is 9.15. The second-order valence-corrected chi connectivity index (χ2v) is 4.35. The van der Waals surface area contributed by atoms with Crippen LogP contribution in [0, 0.1) is 25.2 Å². The number of aryl methyl sites for hydroxylation is 2. The van der Waals surface area contributed by atoms with Gasteiger partial charge in [0, 0.05) is 0 Å². The number of benzene rings is 2. The zero-order chi connectivity index (χ0) is 13.8. The Morgan fingerprint density at radius 1 is 1.00 bits per heavy atom. The summed E-state index contributed by atoms with van der Waals surface area (Å²) in [4.78, 5) is 13.9. The van der Waals surface area contributed by atoms with E-state index in [-0.39, 0.29) is 0 Å². The Morgan fingerprint density at radius 3 is 2.16 bits per heavy atom. The number of aliphatic imine (C=N–C) groups is 1. The van der Waals surface area contributed by atoms with Crippen LogP contribution < -0.4 is 0 Å². The monoisotopic (exact) mass is 248 g/mol. The van der Waals surface area contributed by atoms with E-state index >= 15 is 0 Å². The van der Waals surface area contributed by atoms with Gasteiger partial charge in [-0.1, -0.05) is 18.2 Å². The lowest BCUT2D eigenvalue weighted by Gasteiger charge is -2.06. The van der Waals surface area contributed by atoms with Crippen molar-refractivity contribution in [2.24, 2.45) is 4.99 Å². The highest BCUT2D eigenvalue weighted by atomic mass is 16.1. The smallest absolute Gasteiger partial charge is 0.211 e. The van der Waals surface area contributed by atoms with E-state index in [4.69, 9.17) is 5.26 Å². The van der Waals surface area contributed by atoms with Crippen molar-refractivity contribution in [3.63, 3.8) is 0 Å². The maximum Gasteiger partial charge on any atom is 0.240 e. The molecule has 0 bridgehead atoms. The van der Waals surface area contributed by atoms with Crippen LogP contribution in [0.4, 0.5) is 5.69 Å². The lowest BCUT2D eigenvalue weighted by Crippen LogP contribution is -1.85. The molecule has 2 aromatic rings. The van der Waals surface area contributed by atoms with Gasteiger partial charge in [-0.25, -0.2) is 4.79 Å². The van der Waals surface area contributed by atoms with E-state index in [1.54, 1.807) is 12.1 Å². The summed E-state index contributed by atoms with van der Waals surface area (Å²) in [6.45, 7) is 3.82. The summed E-state index contributed by atoms with van der Waals surface area (Å²) >= 11 is 0. The van der Waals surface area contributed by atoms with Crippen molar-refractivity contribution in [2.75, 3.05) is 0 Å². The van der Waals surface area contributed by atoms with Crippen LogP contribution in [-0.4, -0.2) is 6.08 Å². The largest absolute Gasteiger partial charge is 0.240 e. The van der Waals surface area contributed by atoms with Crippen molar-refractivity contribution in [3.05, 3.63) is 53.1 Å². The normalized spacial score (nSPS) is 9.53. The molecule has 2 aromatic carbocycles. The summed E-state index contributed by atoms with van der Waals surface area (Å²) in [5.41, 5.74) is 5.26. The first-order valence-electron chi connectivity index (χ1n) is 5.85. The Bertz CT molecular complexity index is 720. The molecule has 3 nitrogen and oxygen atoms in total. The second kappa shape index (κ2) is 5.30. The van der Waals surface area contributed by atoms with Gasteiger partial charge < -0.3 is 0 Å². The van der Waals surface area contributed by atoms with E-state index in [2.05, 4.69) is 11.1 Å². The summed E-state index contributed by atoms with van der Waals surface area (Å²) in [6, 6.07) is 13.5. The fraction of sp³-hybridized carbons (Fsp3) is 0.125. The topological polar surface area (TPSA) is 53.2 Å². The van der Waals surface area contributed by atoms with Gasteiger partial charge in [0.25, 0.3) is 0 Å². The molecular weight excluding hydrogens is 236 g/mol. The Labute approximate surface area is 111 Å². The second-order valence-electron chi connectivity index (χ2n) is 4.35. The zero-order valence-corrected chi connectivity index (χ0v) is 10.8. The highest BCUT2D eigenvalue weighted by Gasteiger charge is 2.04. The van der Waals surface area contributed by atoms with E-state index in [9.17, 15) is 4.79 Å². The molecule has 0 aliphatic heterocycles. The number of rotatable bonds is 2.